The Morgan fingerprint density at radius 3 is 2.00 bits per heavy atom. The van der Waals surface area contributed by atoms with Crippen LogP contribution in [0.25, 0.3) is 0 Å². The number of hydrogen-bond donors (Lipinski definition) is 3. The maximum atomic E-state index is 14.1. The predicted octanol–water partition coefficient (Wildman–Crippen LogP) is 9.06. The van der Waals surface area contributed by atoms with Gasteiger partial charge in [-0.15, -0.1) is 0 Å². The fourth-order valence-corrected chi connectivity index (χ4v) is 4.71. The Hall–Kier alpha value is -3.13. The average molecular weight is 575 g/mol. The molecule has 8 heteroatoms. The van der Waals surface area contributed by atoms with E-state index < -0.39 is 29.0 Å². The van der Waals surface area contributed by atoms with Gasteiger partial charge in [0.2, 0.25) is 5.78 Å². The number of rotatable bonds is 13. The van der Waals surface area contributed by atoms with E-state index in [0.717, 1.165) is 72.8 Å². The first-order valence-corrected chi connectivity index (χ1v) is 14.5. The van der Waals surface area contributed by atoms with Crippen molar-refractivity contribution < 1.29 is 23.5 Å². The molecule has 1 unspecified atom stereocenters. The lowest BCUT2D eigenvalue weighted by Crippen LogP contribution is -2.14. The van der Waals surface area contributed by atoms with E-state index in [1.165, 1.54) is 6.07 Å². The lowest BCUT2D eigenvalue weighted by molar-refractivity contribution is -0.142. The summed E-state index contributed by atoms with van der Waals surface area (Å²) in [7, 11) is 0. The molecule has 0 spiro atoms. The number of halogens is 2. The Morgan fingerprint density at radius 2 is 1.55 bits per heavy atom. The number of thioether (sulfide) groups is 1. The highest BCUT2D eigenvalue weighted by Gasteiger charge is 2.24. The summed E-state index contributed by atoms with van der Waals surface area (Å²) in [6.07, 6.45) is 4.38. The maximum Gasteiger partial charge on any atom is 0.306 e. The highest BCUT2D eigenvalue weighted by Crippen LogP contribution is 2.34. The number of anilines is 1. The van der Waals surface area contributed by atoms with Crippen LogP contribution in [0.15, 0.2) is 63.7 Å². The Kier molecular flexibility index (Phi) is 15.3. The molecule has 2 aromatic rings. The van der Waals surface area contributed by atoms with Crippen LogP contribution >= 0.6 is 11.8 Å². The summed E-state index contributed by atoms with van der Waals surface area (Å²) in [5, 5.41) is 12.8. The smallest absolute Gasteiger partial charge is 0.306 e. The Bertz CT molecular complexity index is 1170. The number of benzene rings is 2. The number of hydrogen-bond acceptors (Lipinski definition) is 5. The van der Waals surface area contributed by atoms with Crippen molar-refractivity contribution in [1.82, 2.24) is 0 Å². The number of nitrogens with one attached hydrogen (secondary N) is 1. The summed E-state index contributed by atoms with van der Waals surface area (Å²) >= 11 is 1.09. The van der Waals surface area contributed by atoms with Gasteiger partial charge in [-0.3, -0.25) is 9.59 Å². The summed E-state index contributed by atoms with van der Waals surface area (Å²) in [4.78, 5) is 23.7. The van der Waals surface area contributed by atoms with Crippen LogP contribution in [0.5, 0.6) is 0 Å². The number of carbonyl (C=O) groups is 2. The summed E-state index contributed by atoms with van der Waals surface area (Å²) in [6.45, 7) is 13.8. The summed E-state index contributed by atoms with van der Waals surface area (Å²) in [5.41, 5.74) is 8.48. The zero-order chi connectivity index (χ0) is 30.4. The van der Waals surface area contributed by atoms with Gasteiger partial charge in [-0.2, -0.15) is 0 Å². The molecule has 0 aliphatic carbocycles. The van der Waals surface area contributed by atoms with Crippen molar-refractivity contribution >= 4 is 29.2 Å². The number of allylic oxidation sites excluding steroid dienone is 3. The molecular weight excluding hydrogens is 530 g/mol. The first-order valence-electron chi connectivity index (χ1n) is 13.7. The van der Waals surface area contributed by atoms with E-state index >= 15 is 0 Å². The number of aryl methyl sites for hydroxylation is 1. The molecular formula is C32H44F2N2O3S. The molecule has 0 saturated carbocycles. The molecule has 5 nitrogen and oxygen atoms in total. The van der Waals surface area contributed by atoms with Gasteiger partial charge < -0.3 is 16.2 Å². The normalized spacial score (nSPS) is 13.1. The van der Waals surface area contributed by atoms with Gasteiger partial charge in [0.25, 0.3) is 0 Å². The molecule has 0 bridgehead atoms. The molecule has 0 radical (unpaired) electrons. The third kappa shape index (κ3) is 11.5. The van der Waals surface area contributed by atoms with Crippen LogP contribution in [0.3, 0.4) is 0 Å². The molecule has 0 amide bonds. The molecule has 0 aromatic heterocycles. The second-order valence-electron chi connectivity index (χ2n) is 10.3. The number of carbonyl (C=O) groups excluding carboxylic acids is 1. The SMILES string of the molecule is CC/C(C)=C(\Nc1ccc(C)cc1)S/C(C(=O)c1c(F)cccc1F)=C(\C)N.CCCC(CCC(C)C)C(=O)O. The van der Waals surface area contributed by atoms with Crippen LogP contribution in [0.2, 0.25) is 0 Å². The minimum absolute atomic E-state index is 0.0893. The second-order valence-corrected chi connectivity index (χ2v) is 11.3. The van der Waals surface area contributed by atoms with Crippen LogP contribution in [-0.4, -0.2) is 16.9 Å². The number of ketones is 1. The molecule has 220 valence electrons. The molecule has 2 aromatic carbocycles. The summed E-state index contributed by atoms with van der Waals surface area (Å²) in [6, 6.07) is 11.1. The van der Waals surface area contributed by atoms with Gasteiger partial charge in [0.05, 0.1) is 21.4 Å². The zero-order valence-corrected chi connectivity index (χ0v) is 25.6. The highest BCUT2D eigenvalue weighted by atomic mass is 32.2. The molecule has 0 fully saturated rings. The molecule has 0 aliphatic heterocycles. The fraction of sp³-hybridized carbons (Fsp3) is 0.438. The van der Waals surface area contributed by atoms with E-state index in [1.807, 2.05) is 52.0 Å². The van der Waals surface area contributed by atoms with Crippen LogP contribution in [0.1, 0.15) is 89.6 Å². The number of carboxylic acids is 1. The molecule has 0 heterocycles. The minimum Gasteiger partial charge on any atom is -0.481 e. The summed E-state index contributed by atoms with van der Waals surface area (Å²) < 4.78 is 28.2. The van der Waals surface area contributed by atoms with Crippen molar-refractivity contribution in [2.45, 2.75) is 80.6 Å². The molecule has 0 saturated heterocycles. The van der Waals surface area contributed by atoms with Crippen molar-refractivity contribution in [3.63, 3.8) is 0 Å². The van der Waals surface area contributed by atoms with Crippen LogP contribution in [-0.2, 0) is 4.79 Å². The van der Waals surface area contributed by atoms with Crippen LogP contribution in [0, 0.1) is 30.4 Å². The minimum atomic E-state index is -0.909. The van der Waals surface area contributed by atoms with Crippen LogP contribution in [0.4, 0.5) is 14.5 Å². The van der Waals surface area contributed by atoms with Crippen molar-refractivity contribution in [2.75, 3.05) is 5.32 Å². The first-order chi connectivity index (χ1) is 18.8. The van der Waals surface area contributed by atoms with Gasteiger partial charge in [0, 0.05) is 11.4 Å². The fourth-order valence-electron chi connectivity index (χ4n) is 3.66. The number of nitrogens with two attached hydrogens (primary N) is 1. The van der Waals surface area contributed by atoms with Crippen molar-refractivity contribution in [2.24, 2.45) is 17.6 Å². The van der Waals surface area contributed by atoms with E-state index in [2.05, 4.69) is 19.2 Å². The third-order valence-corrected chi connectivity index (χ3v) is 7.63. The predicted molar refractivity (Wildman–Crippen MR) is 163 cm³/mol. The Balaban J connectivity index is 0.000000562. The number of carboxylic acid groups (broad SMARTS) is 1. The van der Waals surface area contributed by atoms with Crippen molar-refractivity contribution in [1.29, 1.82) is 0 Å². The van der Waals surface area contributed by atoms with Gasteiger partial charge in [-0.1, -0.05) is 76.1 Å². The Labute approximate surface area is 242 Å². The van der Waals surface area contributed by atoms with Crippen molar-refractivity contribution in [3.8, 4) is 0 Å². The Morgan fingerprint density at radius 1 is 0.975 bits per heavy atom. The lowest BCUT2D eigenvalue weighted by Gasteiger charge is -2.17. The van der Waals surface area contributed by atoms with E-state index in [9.17, 15) is 18.4 Å². The maximum absolute atomic E-state index is 14.1. The standard InChI is InChI=1S/C22H24F2N2OS.C10H20O2/c1-5-14(3)22(26-16-11-9-13(2)10-12-16)28-21(15(4)25)20(27)19-17(23)7-6-8-18(19)24;1-4-5-9(10(11)12)7-6-8(2)3/h6-12,26H,5,25H2,1-4H3;8-9H,4-7H2,1-3H3,(H,11,12)/b21-15+,22-14+;. The molecule has 40 heavy (non-hydrogen) atoms. The van der Waals surface area contributed by atoms with Crippen molar-refractivity contribution in [3.05, 3.63) is 86.4 Å². The number of aliphatic carboxylic acids is 1. The van der Waals surface area contributed by atoms with E-state index in [-0.39, 0.29) is 16.5 Å². The van der Waals surface area contributed by atoms with E-state index in [4.69, 9.17) is 10.8 Å². The molecule has 0 aliphatic rings. The van der Waals surface area contributed by atoms with E-state index in [0.29, 0.717) is 10.9 Å². The highest BCUT2D eigenvalue weighted by molar-refractivity contribution is 8.07. The van der Waals surface area contributed by atoms with Gasteiger partial charge in [-0.25, -0.2) is 8.78 Å². The van der Waals surface area contributed by atoms with Gasteiger partial charge in [-0.05, 0) is 75.8 Å². The lowest BCUT2D eigenvalue weighted by atomic mass is 9.94. The monoisotopic (exact) mass is 574 g/mol. The second kappa shape index (κ2) is 17.5. The van der Waals surface area contributed by atoms with Crippen LogP contribution < -0.4 is 11.1 Å². The van der Waals surface area contributed by atoms with Gasteiger partial charge >= 0.3 is 5.97 Å². The molecule has 1 atom stereocenters. The quantitative estimate of drug-likeness (QED) is 0.163. The third-order valence-electron chi connectivity index (χ3n) is 6.26. The summed E-state index contributed by atoms with van der Waals surface area (Å²) in [5.74, 6) is -2.71. The van der Waals surface area contributed by atoms with Gasteiger partial charge in [0.15, 0.2) is 0 Å². The molecule has 2 rings (SSSR count). The first kappa shape index (κ1) is 34.9. The number of Topliss-reactive ketones (excluding diaryl/α,β-unsaturated/α-hetero) is 1. The largest absolute Gasteiger partial charge is 0.481 e. The van der Waals surface area contributed by atoms with Gasteiger partial charge in [0.1, 0.15) is 11.6 Å². The topological polar surface area (TPSA) is 92.4 Å². The van der Waals surface area contributed by atoms with E-state index in [1.54, 1.807) is 6.92 Å². The average Bonchev–Trinajstić information content (AvgIpc) is 2.89. The zero-order valence-electron chi connectivity index (χ0n) is 24.7. The molecule has 4 N–H and O–H groups in total.